The number of ether oxygens (including phenoxy) is 1. The summed E-state index contributed by atoms with van der Waals surface area (Å²) < 4.78 is 32.3. The Bertz CT molecular complexity index is 676. The molecule has 9 heteroatoms. The van der Waals surface area contributed by atoms with Crippen molar-refractivity contribution >= 4 is 16.1 Å². The zero-order chi connectivity index (χ0) is 18.4. The highest BCUT2D eigenvalue weighted by Gasteiger charge is 2.28. The van der Waals surface area contributed by atoms with Crippen LogP contribution in [0.15, 0.2) is 18.3 Å². The lowest BCUT2D eigenvalue weighted by molar-refractivity contribution is 0.0603. The maximum Gasteiger partial charge on any atom is 0.278 e. The first-order chi connectivity index (χ1) is 11.8. The van der Waals surface area contributed by atoms with Crippen LogP contribution < -0.4 is 9.46 Å². The van der Waals surface area contributed by atoms with Gasteiger partial charge < -0.3 is 9.64 Å². The minimum Gasteiger partial charge on any atom is -0.481 e. The number of pyridine rings is 1. The average Bonchev–Trinajstić information content (AvgIpc) is 2.61. The fourth-order valence-corrected chi connectivity index (χ4v) is 3.48. The first kappa shape index (κ1) is 19.6. The highest BCUT2D eigenvalue weighted by molar-refractivity contribution is 7.87. The van der Waals surface area contributed by atoms with Gasteiger partial charge in [-0.1, -0.05) is 0 Å². The quantitative estimate of drug-likeness (QED) is 0.769. The summed E-state index contributed by atoms with van der Waals surface area (Å²) in [6.07, 6.45) is 4.97. The first-order valence-corrected chi connectivity index (χ1v) is 9.77. The molecule has 1 amide bonds. The van der Waals surface area contributed by atoms with Crippen molar-refractivity contribution in [3.63, 3.8) is 0 Å². The Morgan fingerprint density at radius 2 is 2.16 bits per heavy atom. The summed E-state index contributed by atoms with van der Waals surface area (Å²) in [5.41, 5.74) is 0.515. The maximum absolute atomic E-state index is 12.8. The molecule has 1 aromatic heterocycles. The number of carbonyl (C=O) groups excluding carboxylic acids is 1. The summed E-state index contributed by atoms with van der Waals surface area (Å²) >= 11 is 0. The molecular formula is C16H26N4O4S. The van der Waals surface area contributed by atoms with E-state index in [4.69, 9.17) is 4.74 Å². The summed E-state index contributed by atoms with van der Waals surface area (Å²) in [7, 11) is 1.05. The summed E-state index contributed by atoms with van der Waals surface area (Å²) in [5.74, 6) is 0.389. The lowest BCUT2D eigenvalue weighted by atomic mass is 9.98. The lowest BCUT2D eigenvalue weighted by Crippen LogP contribution is -2.46. The molecule has 1 N–H and O–H groups in total. The minimum absolute atomic E-state index is 0.0215. The van der Waals surface area contributed by atoms with E-state index in [0.717, 1.165) is 23.6 Å². The van der Waals surface area contributed by atoms with Gasteiger partial charge in [-0.3, -0.25) is 4.79 Å². The van der Waals surface area contributed by atoms with Gasteiger partial charge in [0.1, 0.15) is 0 Å². The largest absolute Gasteiger partial charge is 0.481 e. The zero-order valence-electron chi connectivity index (χ0n) is 14.9. The fraction of sp³-hybridized carbons (Fsp3) is 0.625. The number of nitrogens with one attached hydrogen (secondary N) is 1. The molecule has 0 aliphatic carbocycles. The highest BCUT2D eigenvalue weighted by atomic mass is 32.2. The Morgan fingerprint density at radius 1 is 1.40 bits per heavy atom. The van der Waals surface area contributed by atoms with Crippen LogP contribution in [0.4, 0.5) is 0 Å². The Balaban J connectivity index is 2.00. The molecule has 1 atom stereocenters. The van der Waals surface area contributed by atoms with Crippen molar-refractivity contribution in [3.8, 4) is 5.88 Å². The van der Waals surface area contributed by atoms with Crippen LogP contribution in [0.1, 0.15) is 36.0 Å². The molecule has 0 spiro atoms. The van der Waals surface area contributed by atoms with Crippen LogP contribution in [0, 0.1) is 0 Å². The van der Waals surface area contributed by atoms with Crippen molar-refractivity contribution in [2.45, 2.75) is 31.7 Å². The molecule has 140 valence electrons. The smallest absolute Gasteiger partial charge is 0.278 e. The van der Waals surface area contributed by atoms with Gasteiger partial charge in [-0.05, 0) is 31.7 Å². The first-order valence-electron chi connectivity index (χ1n) is 8.33. The van der Waals surface area contributed by atoms with E-state index in [-0.39, 0.29) is 11.9 Å². The van der Waals surface area contributed by atoms with Crippen molar-refractivity contribution < 1.29 is 17.9 Å². The van der Waals surface area contributed by atoms with Crippen molar-refractivity contribution in [3.05, 3.63) is 23.9 Å². The van der Waals surface area contributed by atoms with E-state index in [1.165, 1.54) is 27.4 Å². The third-order valence-electron chi connectivity index (χ3n) is 4.32. The van der Waals surface area contributed by atoms with Gasteiger partial charge in [0.15, 0.2) is 0 Å². The molecule has 25 heavy (non-hydrogen) atoms. The van der Waals surface area contributed by atoms with Crippen molar-refractivity contribution in [1.82, 2.24) is 18.9 Å². The van der Waals surface area contributed by atoms with Crippen LogP contribution in [0.3, 0.4) is 0 Å². The average molecular weight is 370 g/mol. The molecule has 1 aromatic rings. The Labute approximate surface area is 149 Å². The number of hydrogen-bond donors (Lipinski definition) is 1. The SMILES string of the molecule is COc1ccc(C(=O)N2CCCCC2CCNS(=O)(=O)N(C)C)cn1. The molecule has 1 saturated heterocycles. The van der Waals surface area contributed by atoms with Crippen LogP contribution in [0.2, 0.25) is 0 Å². The number of rotatable bonds is 7. The molecule has 0 radical (unpaired) electrons. The van der Waals surface area contributed by atoms with E-state index in [1.54, 1.807) is 12.1 Å². The fourth-order valence-electron chi connectivity index (χ4n) is 2.85. The molecule has 8 nitrogen and oxygen atoms in total. The van der Waals surface area contributed by atoms with Gasteiger partial charge in [0, 0.05) is 45.5 Å². The second-order valence-corrected chi connectivity index (χ2v) is 8.18. The van der Waals surface area contributed by atoms with Crippen LogP contribution in [0.5, 0.6) is 5.88 Å². The number of hydrogen-bond acceptors (Lipinski definition) is 5. The van der Waals surface area contributed by atoms with E-state index in [0.29, 0.717) is 31.0 Å². The summed E-state index contributed by atoms with van der Waals surface area (Å²) in [5, 5.41) is 0. The number of amides is 1. The summed E-state index contributed by atoms with van der Waals surface area (Å²) in [6, 6.07) is 3.39. The Hall–Kier alpha value is -1.71. The lowest BCUT2D eigenvalue weighted by Gasteiger charge is -2.36. The predicted molar refractivity (Wildman–Crippen MR) is 94.7 cm³/mol. The van der Waals surface area contributed by atoms with E-state index < -0.39 is 10.2 Å². The number of methoxy groups -OCH3 is 1. The molecule has 1 fully saturated rings. The molecule has 2 heterocycles. The van der Waals surface area contributed by atoms with Gasteiger partial charge in [0.25, 0.3) is 16.1 Å². The van der Waals surface area contributed by atoms with Gasteiger partial charge in [0.05, 0.1) is 12.7 Å². The standard InChI is InChI=1S/C16H26N4O4S/c1-19(2)25(22,23)18-10-9-14-6-4-5-11-20(14)16(21)13-7-8-15(24-3)17-12-13/h7-8,12,14,18H,4-6,9-11H2,1-3H3. The molecule has 0 aromatic carbocycles. The summed E-state index contributed by atoms with van der Waals surface area (Å²) in [6.45, 7) is 0.978. The second kappa shape index (κ2) is 8.59. The highest BCUT2D eigenvalue weighted by Crippen LogP contribution is 2.22. The number of aromatic nitrogens is 1. The van der Waals surface area contributed by atoms with Gasteiger partial charge >= 0.3 is 0 Å². The topological polar surface area (TPSA) is 91.8 Å². The molecule has 1 aliphatic heterocycles. The minimum atomic E-state index is -3.44. The molecule has 0 saturated carbocycles. The van der Waals surface area contributed by atoms with Crippen molar-refractivity contribution in [1.29, 1.82) is 0 Å². The van der Waals surface area contributed by atoms with Crippen LogP contribution in [-0.4, -0.2) is 68.9 Å². The van der Waals surface area contributed by atoms with E-state index >= 15 is 0 Å². The maximum atomic E-state index is 12.8. The van der Waals surface area contributed by atoms with E-state index in [2.05, 4.69) is 9.71 Å². The predicted octanol–water partition coefficient (Wildman–Crippen LogP) is 0.871. The third kappa shape index (κ3) is 5.13. The molecule has 1 unspecified atom stereocenters. The third-order valence-corrected chi connectivity index (χ3v) is 5.85. The number of carbonyl (C=O) groups is 1. The van der Waals surface area contributed by atoms with Gasteiger partial charge in [0.2, 0.25) is 5.88 Å². The van der Waals surface area contributed by atoms with Crippen LogP contribution in [0.25, 0.3) is 0 Å². The molecule has 1 aliphatic rings. The van der Waals surface area contributed by atoms with Gasteiger partial charge in [-0.25, -0.2) is 9.71 Å². The second-order valence-electron chi connectivity index (χ2n) is 6.21. The number of likely N-dealkylation sites (tertiary alicyclic amines) is 1. The Kier molecular flexibility index (Phi) is 6.74. The number of piperidine rings is 1. The van der Waals surface area contributed by atoms with E-state index in [1.807, 2.05) is 4.90 Å². The van der Waals surface area contributed by atoms with Gasteiger partial charge in [-0.15, -0.1) is 0 Å². The molecule has 0 bridgehead atoms. The normalized spacial score (nSPS) is 18.4. The van der Waals surface area contributed by atoms with Crippen LogP contribution >= 0.6 is 0 Å². The zero-order valence-corrected chi connectivity index (χ0v) is 15.8. The Morgan fingerprint density at radius 3 is 2.76 bits per heavy atom. The van der Waals surface area contributed by atoms with Crippen LogP contribution in [-0.2, 0) is 10.2 Å². The monoisotopic (exact) mass is 370 g/mol. The summed E-state index contributed by atoms with van der Waals surface area (Å²) in [4.78, 5) is 18.7. The molecular weight excluding hydrogens is 344 g/mol. The van der Waals surface area contributed by atoms with Crippen molar-refractivity contribution in [2.75, 3.05) is 34.3 Å². The van der Waals surface area contributed by atoms with Crippen molar-refractivity contribution in [2.24, 2.45) is 0 Å². The number of nitrogens with zero attached hydrogens (tertiary/aromatic N) is 3. The molecule has 2 rings (SSSR count). The van der Waals surface area contributed by atoms with E-state index in [9.17, 15) is 13.2 Å². The van der Waals surface area contributed by atoms with Gasteiger partial charge in [-0.2, -0.15) is 12.7 Å².